The van der Waals surface area contributed by atoms with Crippen LogP contribution in [0, 0.1) is 6.07 Å². The van der Waals surface area contributed by atoms with Crippen molar-refractivity contribution < 1.29 is 0 Å². The van der Waals surface area contributed by atoms with Gasteiger partial charge in [-0.2, -0.15) is 0 Å². The molecule has 49 valence electrons. The first-order valence-electron chi connectivity index (χ1n) is 3.00. The number of aromatic nitrogens is 1. The summed E-state index contributed by atoms with van der Waals surface area (Å²) in [6.07, 6.45) is 1.93. The largest absolute Gasteiger partial charge is 0.360 e. The molecule has 0 spiro atoms. The van der Waals surface area contributed by atoms with Crippen molar-refractivity contribution in [2.45, 2.75) is 0 Å². The molecule has 2 rings (SSSR count). The first-order valence-corrected chi connectivity index (χ1v) is 3.80. The first kappa shape index (κ1) is 5.98. The van der Waals surface area contributed by atoms with Crippen LogP contribution in [-0.2, 0) is 0 Å². The van der Waals surface area contributed by atoms with Crippen molar-refractivity contribution in [3.05, 3.63) is 34.9 Å². The van der Waals surface area contributed by atoms with Crippen molar-refractivity contribution in [3.63, 3.8) is 0 Å². The molecule has 0 unspecified atom stereocenters. The fourth-order valence-electron chi connectivity index (χ4n) is 0.977. The second-order valence-electron chi connectivity index (χ2n) is 2.11. The quantitative estimate of drug-likeness (QED) is 0.665. The van der Waals surface area contributed by atoms with Gasteiger partial charge in [0, 0.05) is 21.6 Å². The van der Waals surface area contributed by atoms with Gasteiger partial charge in [-0.1, -0.05) is 12.1 Å². The fourth-order valence-corrected chi connectivity index (χ4v) is 1.44. The Kier molecular flexibility index (Phi) is 1.27. The maximum absolute atomic E-state index is 3.42. The lowest BCUT2D eigenvalue weighted by atomic mass is 10.3. The van der Waals surface area contributed by atoms with Crippen LogP contribution >= 0.6 is 15.9 Å². The highest BCUT2D eigenvalue weighted by Gasteiger charge is 1.96. The van der Waals surface area contributed by atoms with Gasteiger partial charge in [-0.3, -0.25) is 0 Å². The number of H-pyrrole nitrogens is 1. The van der Waals surface area contributed by atoms with Gasteiger partial charge < -0.3 is 4.98 Å². The molecule has 0 bridgehead atoms. The van der Waals surface area contributed by atoms with Crippen LogP contribution in [0.1, 0.15) is 0 Å². The van der Waals surface area contributed by atoms with Crippen molar-refractivity contribution >= 4 is 26.8 Å². The van der Waals surface area contributed by atoms with Crippen LogP contribution in [0.3, 0.4) is 0 Å². The van der Waals surface area contributed by atoms with Gasteiger partial charge in [0.05, 0.1) is 0 Å². The average Bonchev–Trinajstić information content (AvgIpc) is 2.34. The number of hydrogen-bond donors (Lipinski definition) is 1. The van der Waals surface area contributed by atoms with Crippen LogP contribution in [0.5, 0.6) is 0 Å². The molecule has 1 nitrogen and oxygen atoms in total. The number of benzene rings is 1. The Balaban J connectivity index is 2.93. The molecule has 0 atom stereocenters. The van der Waals surface area contributed by atoms with Gasteiger partial charge in [-0.25, -0.2) is 0 Å². The Morgan fingerprint density at radius 3 is 3.20 bits per heavy atom. The van der Waals surface area contributed by atoms with Crippen LogP contribution in [0.2, 0.25) is 0 Å². The molecule has 0 aliphatic carbocycles. The Labute approximate surface area is 67.2 Å². The zero-order chi connectivity index (χ0) is 6.97. The molecule has 2 aromatic rings. The minimum Gasteiger partial charge on any atom is -0.360 e. The van der Waals surface area contributed by atoms with Gasteiger partial charge in [0.2, 0.25) is 0 Å². The lowest BCUT2D eigenvalue weighted by Crippen LogP contribution is -1.63. The van der Waals surface area contributed by atoms with Crippen molar-refractivity contribution in [3.8, 4) is 0 Å². The fraction of sp³-hybridized carbons (Fsp3) is 0. The number of nitrogens with one attached hydrogen (secondary N) is 1. The van der Waals surface area contributed by atoms with Gasteiger partial charge in [0.1, 0.15) is 0 Å². The summed E-state index contributed by atoms with van der Waals surface area (Å²) in [6.45, 7) is 0. The topological polar surface area (TPSA) is 15.8 Å². The van der Waals surface area contributed by atoms with E-state index in [1.165, 1.54) is 5.39 Å². The third kappa shape index (κ3) is 0.762. The molecular weight excluding hydrogens is 190 g/mol. The van der Waals surface area contributed by atoms with Gasteiger partial charge >= 0.3 is 0 Å². The predicted molar refractivity (Wildman–Crippen MR) is 44.8 cm³/mol. The van der Waals surface area contributed by atoms with Crippen LogP contribution in [0.15, 0.2) is 28.9 Å². The smallest absolute Gasteiger partial charge is 0.0471 e. The van der Waals surface area contributed by atoms with E-state index in [2.05, 4.69) is 27.0 Å². The standard InChI is InChI=1S/C8H5BrN/c9-7-5-10-8-4-2-1-3-6(7)8/h1,3-5,10H. The van der Waals surface area contributed by atoms with Gasteiger partial charge in [0.25, 0.3) is 0 Å². The summed E-state index contributed by atoms with van der Waals surface area (Å²) in [5, 5.41) is 1.21. The number of fused-ring (bicyclic) bond motifs is 1. The Bertz CT molecular complexity index is 351. The molecular formula is C8H5BrN. The minimum atomic E-state index is 1.11. The zero-order valence-electron chi connectivity index (χ0n) is 5.19. The Morgan fingerprint density at radius 2 is 2.40 bits per heavy atom. The van der Waals surface area contributed by atoms with Crippen LogP contribution in [-0.4, -0.2) is 4.98 Å². The highest BCUT2D eigenvalue weighted by atomic mass is 79.9. The third-order valence-corrected chi connectivity index (χ3v) is 2.13. The molecule has 1 radical (unpaired) electrons. The predicted octanol–water partition coefficient (Wildman–Crippen LogP) is 2.73. The normalized spacial score (nSPS) is 10.5. The summed E-state index contributed by atoms with van der Waals surface area (Å²) in [5.74, 6) is 0. The molecule has 1 heterocycles. The molecule has 0 aliphatic rings. The summed E-state index contributed by atoms with van der Waals surface area (Å²) in [4.78, 5) is 3.11. The monoisotopic (exact) mass is 194 g/mol. The SMILES string of the molecule is Brc1c[nH]c2c[c]ccc12. The molecule has 0 saturated carbocycles. The van der Waals surface area contributed by atoms with Crippen molar-refractivity contribution in [1.29, 1.82) is 0 Å². The van der Waals surface area contributed by atoms with Crippen LogP contribution in [0.4, 0.5) is 0 Å². The van der Waals surface area contributed by atoms with Gasteiger partial charge in [-0.15, -0.1) is 0 Å². The summed E-state index contributed by atoms with van der Waals surface area (Å²) >= 11 is 3.42. The van der Waals surface area contributed by atoms with E-state index in [4.69, 9.17) is 0 Å². The summed E-state index contributed by atoms with van der Waals surface area (Å²) < 4.78 is 1.11. The zero-order valence-corrected chi connectivity index (χ0v) is 6.77. The van der Waals surface area contributed by atoms with E-state index in [9.17, 15) is 0 Å². The maximum Gasteiger partial charge on any atom is 0.0471 e. The van der Waals surface area contributed by atoms with E-state index < -0.39 is 0 Å². The average molecular weight is 195 g/mol. The molecule has 1 aromatic heterocycles. The second kappa shape index (κ2) is 2.13. The van der Waals surface area contributed by atoms with Crippen LogP contribution < -0.4 is 0 Å². The minimum absolute atomic E-state index is 1.11. The van der Waals surface area contributed by atoms with E-state index in [-0.39, 0.29) is 0 Å². The summed E-state index contributed by atoms with van der Waals surface area (Å²) in [6, 6.07) is 8.85. The molecule has 0 amide bonds. The Morgan fingerprint density at radius 1 is 1.50 bits per heavy atom. The lowest BCUT2D eigenvalue weighted by molar-refractivity contribution is 1.47. The molecule has 10 heavy (non-hydrogen) atoms. The second-order valence-corrected chi connectivity index (χ2v) is 2.96. The van der Waals surface area contributed by atoms with E-state index in [1.54, 1.807) is 0 Å². The number of halogens is 1. The van der Waals surface area contributed by atoms with E-state index in [0.717, 1.165) is 9.99 Å². The summed E-state index contributed by atoms with van der Waals surface area (Å²) in [5.41, 5.74) is 1.12. The molecule has 0 aliphatic heterocycles. The molecule has 1 aromatic carbocycles. The highest BCUT2D eigenvalue weighted by Crippen LogP contribution is 2.21. The lowest BCUT2D eigenvalue weighted by Gasteiger charge is -1.85. The maximum atomic E-state index is 3.42. The molecule has 0 saturated heterocycles. The van der Waals surface area contributed by atoms with Gasteiger partial charge in [0.15, 0.2) is 0 Å². The number of hydrogen-bond acceptors (Lipinski definition) is 0. The molecule has 0 fully saturated rings. The first-order chi connectivity index (χ1) is 4.88. The summed E-state index contributed by atoms with van der Waals surface area (Å²) in [7, 11) is 0. The highest BCUT2D eigenvalue weighted by molar-refractivity contribution is 9.10. The van der Waals surface area contributed by atoms with Crippen LogP contribution in [0.25, 0.3) is 10.9 Å². The number of rotatable bonds is 0. The van der Waals surface area contributed by atoms with E-state index in [0.29, 0.717) is 0 Å². The van der Waals surface area contributed by atoms with Crippen molar-refractivity contribution in [2.24, 2.45) is 0 Å². The van der Waals surface area contributed by atoms with E-state index >= 15 is 0 Å². The number of aromatic amines is 1. The Hall–Kier alpha value is -0.760. The molecule has 1 N–H and O–H groups in total. The van der Waals surface area contributed by atoms with E-state index in [1.807, 2.05) is 24.4 Å². The van der Waals surface area contributed by atoms with Gasteiger partial charge in [-0.05, 0) is 28.1 Å². The molecule has 2 heteroatoms. The third-order valence-electron chi connectivity index (χ3n) is 1.48. The van der Waals surface area contributed by atoms with Crippen molar-refractivity contribution in [2.75, 3.05) is 0 Å². The van der Waals surface area contributed by atoms with Crippen molar-refractivity contribution in [1.82, 2.24) is 4.98 Å².